The smallest absolute Gasteiger partial charge is 0.410 e. The van der Waals surface area contributed by atoms with E-state index in [1.807, 2.05) is 0 Å². The Balaban J connectivity index is 2.07. The summed E-state index contributed by atoms with van der Waals surface area (Å²) in [6, 6.07) is 2.17. The van der Waals surface area contributed by atoms with E-state index in [1.165, 1.54) is 4.90 Å². The van der Waals surface area contributed by atoms with E-state index in [1.54, 1.807) is 20.8 Å². The zero-order valence-corrected chi connectivity index (χ0v) is 13.4. The summed E-state index contributed by atoms with van der Waals surface area (Å²) in [4.78, 5) is 25.8. The van der Waals surface area contributed by atoms with E-state index in [4.69, 9.17) is 4.74 Å². The molecule has 0 unspecified atom stereocenters. The molecule has 7 heteroatoms. The summed E-state index contributed by atoms with van der Waals surface area (Å²) in [5, 5.41) is 2.40. The number of halogens is 2. The second-order valence-electron chi connectivity index (χ2n) is 6.45. The fourth-order valence-corrected chi connectivity index (χ4v) is 2.39. The Bertz CT molecular complexity index is 614. The number of hydrogen-bond acceptors (Lipinski definition) is 3. The van der Waals surface area contributed by atoms with Gasteiger partial charge in [0, 0.05) is 12.6 Å². The molecule has 2 amide bonds. The lowest BCUT2D eigenvalue weighted by Crippen LogP contribution is -2.45. The predicted octanol–water partition coefficient (Wildman–Crippen LogP) is 3.30. The van der Waals surface area contributed by atoms with Crippen LogP contribution in [0.5, 0.6) is 0 Å². The van der Waals surface area contributed by atoms with Crippen molar-refractivity contribution in [2.75, 3.05) is 11.9 Å². The Hall–Kier alpha value is -2.18. The number of hydrogen-bond donors (Lipinski definition) is 1. The fourth-order valence-electron chi connectivity index (χ4n) is 2.39. The molecule has 1 heterocycles. The summed E-state index contributed by atoms with van der Waals surface area (Å²) in [5.74, 6) is -2.10. The Morgan fingerprint density at radius 2 is 2.00 bits per heavy atom. The number of benzene rings is 1. The molecule has 1 aliphatic heterocycles. The van der Waals surface area contributed by atoms with Crippen LogP contribution in [-0.2, 0) is 9.53 Å². The molecule has 0 bridgehead atoms. The van der Waals surface area contributed by atoms with Crippen molar-refractivity contribution in [1.82, 2.24) is 4.90 Å². The second kappa shape index (κ2) is 6.52. The Kier molecular flexibility index (Phi) is 4.87. The Morgan fingerprint density at radius 3 is 2.61 bits per heavy atom. The molecule has 1 aromatic carbocycles. The third-order valence-electron chi connectivity index (χ3n) is 3.37. The lowest BCUT2D eigenvalue weighted by atomic mass is 10.2. The first kappa shape index (κ1) is 17.2. The molecular formula is C16H20F2N2O3. The summed E-state index contributed by atoms with van der Waals surface area (Å²) >= 11 is 0. The predicted molar refractivity (Wildman–Crippen MR) is 80.9 cm³/mol. The van der Waals surface area contributed by atoms with Crippen molar-refractivity contribution in [2.45, 2.75) is 45.3 Å². The minimum Gasteiger partial charge on any atom is -0.444 e. The zero-order valence-electron chi connectivity index (χ0n) is 13.4. The molecule has 5 nitrogen and oxygen atoms in total. The van der Waals surface area contributed by atoms with Crippen LogP contribution in [0.15, 0.2) is 18.2 Å². The van der Waals surface area contributed by atoms with E-state index in [0.717, 1.165) is 12.1 Å². The van der Waals surface area contributed by atoms with Crippen LogP contribution in [0.4, 0.5) is 19.3 Å². The maximum absolute atomic E-state index is 13.6. The van der Waals surface area contributed by atoms with Gasteiger partial charge in [0.15, 0.2) is 0 Å². The van der Waals surface area contributed by atoms with Gasteiger partial charge in [-0.15, -0.1) is 0 Å². The standard InChI is InChI=1S/C16H20F2N2O3/c1-16(2,3)23-15(22)20-8-4-5-13(20)14(21)19-12-7-6-10(17)9-11(12)18/h6-7,9,13H,4-5,8H2,1-3H3,(H,19,21)/t13-/m0/s1. The summed E-state index contributed by atoms with van der Waals surface area (Å²) in [6.45, 7) is 5.62. The van der Waals surface area contributed by atoms with Crippen molar-refractivity contribution in [3.8, 4) is 0 Å². The molecule has 23 heavy (non-hydrogen) atoms. The summed E-state index contributed by atoms with van der Waals surface area (Å²) in [5.41, 5.74) is -0.781. The third-order valence-corrected chi connectivity index (χ3v) is 3.37. The van der Waals surface area contributed by atoms with Gasteiger partial charge in [-0.2, -0.15) is 0 Å². The van der Waals surface area contributed by atoms with Crippen molar-refractivity contribution < 1.29 is 23.1 Å². The van der Waals surface area contributed by atoms with Crippen molar-refractivity contribution in [2.24, 2.45) is 0 Å². The van der Waals surface area contributed by atoms with Gasteiger partial charge in [0.05, 0.1) is 5.69 Å². The first-order chi connectivity index (χ1) is 10.7. The van der Waals surface area contributed by atoms with E-state index in [-0.39, 0.29) is 5.69 Å². The van der Waals surface area contributed by atoms with Crippen LogP contribution in [0.3, 0.4) is 0 Å². The molecule has 0 saturated carbocycles. The van der Waals surface area contributed by atoms with E-state index in [2.05, 4.69) is 5.32 Å². The van der Waals surface area contributed by atoms with Crippen LogP contribution in [0.25, 0.3) is 0 Å². The van der Waals surface area contributed by atoms with Gasteiger partial charge < -0.3 is 10.1 Å². The first-order valence-electron chi connectivity index (χ1n) is 7.43. The van der Waals surface area contributed by atoms with Gasteiger partial charge in [-0.25, -0.2) is 13.6 Å². The largest absolute Gasteiger partial charge is 0.444 e. The van der Waals surface area contributed by atoms with E-state index >= 15 is 0 Å². The van der Waals surface area contributed by atoms with Crippen LogP contribution in [0.2, 0.25) is 0 Å². The molecule has 1 atom stereocenters. The number of carbonyl (C=O) groups excluding carboxylic acids is 2. The molecule has 0 aromatic heterocycles. The zero-order chi connectivity index (χ0) is 17.2. The maximum Gasteiger partial charge on any atom is 0.410 e. The fraction of sp³-hybridized carbons (Fsp3) is 0.500. The van der Waals surface area contributed by atoms with Crippen LogP contribution >= 0.6 is 0 Å². The number of nitrogens with zero attached hydrogens (tertiary/aromatic N) is 1. The second-order valence-corrected chi connectivity index (χ2v) is 6.45. The van der Waals surface area contributed by atoms with Crippen LogP contribution in [-0.4, -0.2) is 35.1 Å². The molecule has 1 saturated heterocycles. The van der Waals surface area contributed by atoms with Crippen LogP contribution < -0.4 is 5.32 Å². The van der Waals surface area contributed by atoms with Crippen molar-refractivity contribution in [3.63, 3.8) is 0 Å². The molecule has 0 radical (unpaired) electrons. The number of likely N-dealkylation sites (tertiary alicyclic amines) is 1. The highest BCUT2D eigenvalue weighted by atomic mass is 19.1. The summed E-state index contributed by atoms with van der Waals surface area (Å²) in [7, 11) is 0. The van der Waals surface area contributed by atoms with Crippen molar-refractivity contribution in [1.29, 1.82) is 0 Å². The number of anilines is 1. The van der Waals surface area contributed by atoms with Crippen molar-refractivity contribution >= 4 is 17.7 Å². The number of rotatable bonds is 2. The highest BCUT2D eigenvalue weighted by Crippen LogP contribution is 2.23. The minimum atomic E-state index is -0.861. The van der Waals surface area contributed by atoms with Gasteiger partial charge in [0.1, 0.15) is 23.3 Å². The molecule has 1 aliphatic rings. The average molecular weight is 326 g/mol. The normalized spacial score (nSPS) is 18.0. The van der Waals surface area contributed by atoms with Gasteiger partial charge >= 0.3 is 6.09 Å². The lowest BCUT2D eigenvalue weighted by molar-refractivity contribution is -0.120. The quantitative estimate of drug-likeness (QED) is 0.907. The number of ether oxygens (including phenoxy) is 1. The molecule has 1 aromatic rings. The number of nitrogens with one attached hydrogen (secondary N) is 1. The van der Waals surface area contributed by atoms with Crippen LogP contribution in [0.1, 0.15) is 33.6 Å². The molecule has 2 rings (SSSR count). The molecule has 0 aliphatic carbocycles. The highest BCUT2D eigenvalue weighted by molar-refractivity contribution is 5.97. The SMILES string of the molecule is CC(C)(C)OC(=O)N1CCC[C@H]1C(=O)Nc1ccc(F)cc1F. The lowest BCUT2D eigenvalue weighted by Gasteiger charge is -2.28. The van der Waals surface area contributed by atoms with E-state index in [9.17, 15) is 18.4 Å². The third kappa shape index (κ3) is 4.40. The van der Waals surface area contributed by atoms with Gasteiger partial charge in [0.2, 0.25) is 5.91 Å². The summed E-state index contributed by atoms with van der Waals surface area (Å²) < 4.78 is 31.8. The van der Waals surface area contributed by atoms with Gasteiger partial charge in [0.25, 0.3) is 0 Å². The summed E-state index contributed by atoms with van der Waals surface area (Å²) in [6.07, 6.45) is 0.548. The van der Waals surface area contributed by atoms with Gasteiger partial charge in [-0.05, 0) is 45.7 Å². The molecular weight excluding hydrogens is 306 g/mol. The average Bonchev–Trinajstić information content (AvgIpc) is 2.89. The first-order valence-corrected chi connectivity index (χ1v) is 7.43. The molecule has 126 valence electrons. The van der Waals surface area contributed by atoms with Gasteiger partial charge in [-0.3, -0.25) is 9.69 Å². The number of amides is 2. The topological polar surface area (TPSA) is 58.6 Å². The Labute approximate surface area is 133 Å². The maximum atomic E-state index is 13.6. The number of carbonyl (C=O) groups is 2. The Morgan fingerprint density at radius 1 is 1.30 bits per heavy atom. The van der Waals surface area contributed by atoms with Crippen molar-refractivity contribution in [3.05, 3.63) is 29.8 Å². The highest BCUT2D eigenvalue weighted by Gasteiger charge is 2.36. The van der Waals surface area contributed by atoms with E-state index in [0.29, 0.717) is 25.5 Å². The monoisotopic (exact) mass is 326 g/mol. The molecule has 0 spiro atoms. The van der Waals surface area contributed by atoms with E-state index < -0.39 is 35.3 Å². The minimum absolute atomic E-state index is 0.118. The molecule has 1 fully saturated rings. The van der Waals surface area contributed by atoms with Crippen LogP contribution in [0, 0.1) is 11.6 Å². The van der Waals surface area contributed by atoms with Gasteiger partial charge in [-0.1, -0.05) is 0 Å². The molecule has 1 N–H and O–H groups in total.